The van der Waals surface area contributed by atoms with Gasteiger partial charge in [-0.05, 0) is 55.7 Å². The third-order valence-corrected chi connectivity index (χ3v) is 4.63. The summed E-state index contributed by atoms with van der Waals surface area (Å²) in [4.78, 5) is 12.6. The Morgan fingerprint density at radius 2 is 1.42 bits per heavy atom. The Bertz CT molecular complexity index is 522. The Balaban J connectivity index is 3.17. The maximum atomic E-state index is 12.6. The predicted octanol–water partition coefficient (Wildman–Crippen LogP) is 6.51. The van der Waals surface area contributed by atoms with E-state index in [0.29, 0.717) is 18.8 Å². The van der Waals surface area contributed by atoms with E-state index in [1.165, 1.54) is 17.5 Å². The van der Waals surface area contributed by atoms with Gasteiger partial charge >= 0.3 is 5.97 Å². The van der Waals surface area contributed by atoms with Gasteiger partial charge in [-0.1, -0.05) is 59.4 Å². The van der Waals surface area contributed by atoms with E-state index in [9.17, 15) is 4.79 Å². The van der Waals surface area contributed by atoms with Crippen LogP contribution in [0.25, 0.3) is 0 Å². The van der Waals surface area contributed by atoms with E-state index in [-0.39, 0.29) is 5.97 Å². The maximum absolute atomic E-state index is 12.6. The van der Waals surface area contributed by atoms with Crippen molar-refractivity contribution in [2.45, 2.75) is 91.9 Å². The molecular formula is C23H38O3. The monoisotopic (exact) mass is 362 g/mol. The number of rotatable bonds is 14. The Morgan fingerprint density at radius 1 is 0.808 bits per heavy atom. The van der Waals surface area contributed by atoms with E-state index in [1.54, 1.807) is 0 Å². The minimum atomic E-state index is -0.246. The van der Waals surface area contributed by atoms with Crippen LogP contribution in [0, 0.1) is 0 Å². The van der Waals surface area contributed by atoms with E-state index < -0.39 is 0 Å². The summed E-state index contributed by atoms with van der Waals surface area (Å²) in [7, 11) is 0. The molecular weight excluding hydrogens is 324 g/mol. The molecule has 0 aliphatic carbocycles. The van der Waals surface area contributed by atoms with Crippen molar-refractivity contribution in [1.29, 1.82) is 0 Å². The SMILES string of the molecule is CCCCOC(=O)c1ccc(CCCC)c(CCCC)c1OCCCC. The van der Waals surface area contributed by atoms with Gasteiger partial charge in [0.15, 0.2) is 0 Å². The van der Waals surface area contributed by atoms with E-state index in [2.05, 4.69) is 33.8 Å². The van der Waals surface area contributed by atoms with Gasteiger partial charge in [0.1, 0.15) is 11.3 Å². The second kappa shape index (κ2) is 13.7. The minimum absolute atomic E-state index is 0.246. The molecule has 0 aromatic heterocycles. The van der Waals surface area contributed by atoms with Crippen LogP contribution in [0.2, 0.25) is 0 Å². The number of esters is 1. The molecule has 1 rings (SSSR count). The average molecular weight is 363 g/mol. The molecule has 0 saturated carbocycles. The molecule has 0 N–H and O–H groups in total. The summed E-state index contributed by atoms with van der Waals surface area (Å²) in [6, 6.07) is 4.03. The third-order valence-electron chi connectivity index (χ3n) is 4.63. The number of carbonyl (C=O) groups excluding carboxylic acids is 1. The first-order valence-electron chi connectivity index (χ1n) is 10.6. The summed E-state index contributed by atoms with van der Waals surface area (Å²) in [5.74, 6) is 0.534. The van der Waals surface area contributed by atoms with Crippen LogP contribution in [0.3, 0.4) is 0 Å². The molecule has 0 radical (unpaired) electrons. The lowest BCUT2D eigenvalue weighted by molar-refractivity contribution is 0.0494. The van der Waals surface area contributed by atoms with E-state index in [0.717, 1.165) is 63.5 Å². The van der Waals surface area contributed by atoms with Gasteiger partial charge in [0, 0.05) is 0 Å². The molecule has 0 aliphatic rings. The third kappa shape index (κ3) is 7.39. The molecule has 0 fully saturated rings. The van der Waals surface area contributed by atoms with Crippen molar-refractivity contribution in [2.24, 2.45) is 0 Å². The highest BCUT2D eigenvalue weighted by atomic mass is 16.5. The van der Waals surface area contributed by atoms with Crippen molar-refractivity contribution < 1.29 is 14.3 Å². The molecule has 0 unspecified atom stereocenters. The zero-order chi connectivity index (χ0) is 19.2. The molecule has 0 atom stereocenters. The Hall–Kier alpha value is -1.51. The van der Waals surface area contributed by atoms with Crippen molar-refractivity contribution >= 4 is 5.97 Å². The number of unbranched alkanes of at least 4 members (excludes halogenated alkanes) is 4. The summed E-state index contributed by atoms with van der Waals surface area (Å²) in [5.41, 5.74) is 3.15. The van der Waals surface area contributed by atoms with Crippen molar-refractivity contribution in [2.75, 3.05) is 13.2 Å². The lowest BCUT2D eigenvalue weighted by Gasteiger charge is -2.19. The molecule has 3 nitrogen and oxygen atoms in total. The molecule has 0 heterocycles. The lowest BCUT2D eigenvalue weighted by atomic mass is 9.94. The first kappa shape index (κ1) is 22.5. The molecule has 0 bridgehead atoms. The fourth-order valence-electron chi connectivity index (χ4n) is 2.93. The van der Waals surface area contributed by atoms with Crippen LogP contribution >= 0.6 is 0 Å². The van der Waals surface area contributed by atoms with Crippen molar-refractivity contribution in [3.8, 4) is 5.75 Å². The number of benzene rings is 1. The van der Waals surface area contributed by atoms with Crippen LogP contribution in [0.1, 0.15) is 101 Å². The normalized spacial score (nSPS) is 10.8. The molecule has 3 heteroatoms. The lowest BCUT2D eigenvalue weighted by Crippen LogP contribution is -2.13. The van der Waals surface area contributed by atoms with Gasteiger partial charge in [-0.3, -0.25) is 0 Å². The van der Waals surface area contributed by atoms with Crippen LogP contribution in [-0.4, -0.2) is 19.2 Å². The van der Waals surface area contributed by atoms with Gasteiger partial charge in [-0.25, -0.2) is 4.79 Å². The van der Waals surface area contributed by atoms with Crippen LogP contribution in [0.4, 0.5) is 0 Å². The first-order chi connectivity index (χ1) is 12.7. The fraction of sp³-hybridized carbons (Fsp3) is 0.696. The van der Waals surface area contributed by atoms with Gasteiger partial charge in [0.2, 0.25) is 0 Å². The van der Waals surface area contributed by atoms with Crippen LogP contribution in [-0.2, 0) is 17.6 Å². The fourth-order valence-corrected chi connectivity index (χ4v) is 2.93. The quantitative estimate of drug-likeness (QED) is 0.279. The molecule has 148 valence electrons. The number of carbonyl (C=O) groups is 1. The van der Waals surface area contributed by atoms with Gasteiger partial charge < -0.3 is 9.47 Å². The van der Waals surface area contributed by atoms with E-state index in [4.69, 9.17) is 9.47 Å². The Labute approximate surface area is 160 Å². The molecule has 0 spiro atoms. The number of ether oxygens (including phenoxy) is 2. The Morgan fingerprint density at radius 3 is 2.08 bits per heavy atom. The smallest absolute Gasteiger partial charge is 0.341 e. The second-order valence-corrected chi connectivity index (χ2v) is 6.98. The summed E-state index contributed by atoms with van der Waals surface area (Å²) < 4.78 is 11.6. The van der Waals surface area contributed by atoms with Crippen LogP contribution < -0.4 is 4.74 Å². The van der Waals surface area contributed by atoms with Gasteiger partial charge in [-0.15, -0.1) is 0 Å². The maximum Gasteiger partial charge on any atom is 0.341 e. The molecule has 26 heavy (non-hydrogen) atoms. The summed E-state index contributed by atoms with van der Waals surface area (Å²) in [6.45, 7) is 9.79. The summed E-state index contributed by atoms with van der Waals surface area (Å²) >= 11 is 0. The highest BCUT2D eigenvalue weighted by Gasteiger charge is 2.20. The first-order valence-corrected chi connectivity index (χ1v) is 10.6. The number of hydrogen-bond acceptors (Lipinski definition) is 3. The van der Waals surface area contributed by atoms with Crippen LogP contribution in [0.15, 0.2) is 12.1 Å². The van der Waals surface area contributed by atoms with Crippen molar-refractivity contribution in [1.82, 2.24) is 0 Å². The zero-order valence-corrected chi connectivity index (χ0v) is 17.4. The minimum Gasteiger partial charge on any atom is -0.492 e. The van der Waals surface area contributed by atoms with Gasteiger partial charge in [0.05, 0.1) is 13.2 Å². The van der Waals surface area contributed by atoms with E-state index >= 15 is 0 Å². The number of aryl methyl sites for hydroxylation is 1. The molecule has 0 amide bonds. The highest BCUT2D eigenvalue weighted by molar-refractivity contribution is 5.93. The average Bonchev–Trinajstić information content (AvgIpc) is 2.65. The van der Waals surface area contributed by atoms with Gasteiger partial charge in [-0.2, -0.15) is 0 Å². The molecule has 1 aromatic rings. The van der Waals surface area contributed by atoms with Crippen molar-refractivity contribution in [3.05, 3.63) is 28.8 Å². The summed E-state index contributed by atoms with van der Waals surface area (Å²) in [5, 5.41) is 0. The highest BCUT2D eigenvalue weighted by Crippen LogP contribution is 2.31. The number of hydrogen-bond donors (Lipinski definition) is 0. The zero-order valence-electron chi connectivity index (χ0n) is 17.4. The predicted molar refractivity (Wildman–Crippen MR) is 109 cm³/mol. The van der Waals surface area contributed by atoms with Crippen molar-refractivity contribution in [3.63, 3.8) is 0 Å². The largest absolute Gasteiger partial charge is 0.492 e. The molecule has 0 aliphatic heterocycles. The molecule has 1 aromatic carbocycles. The van der Waals surface area contributed by atoms with E-state index in [1.807, 2.05) is 6.07 Å². The molecule has 0 saturated heterocycles. The Kier molecular flexibility index (Phi) is 11.8. The topological polar surface area (TPSA) is 35.5 Å². The summed E-state index contributed by atoms with van der Waals surface area (Å²) in [6.07, 6.45) is 10.6. The van der Waals surface area contributed by atoms with Gasteiger partial charge in [0.25, 0.3) is 0 Å². The second-order valence-electron chi connectivity index (χ2n) is 6.98. The van der Waals surface area contributed by atoms with Crippen LogP contribution in [0.5, 0.6) is 5.75 Å². The standard InChI is InChI=1S/C23H38O3/c1-5-9-13-19-15-16-21(23(24)26-18-12-8-4)22(25-17-11-7-3)20(19)14-10-6-2/h15-16H,5-14,17-18H2,1-4H3.